The van der Waals surface area contributed by atoms with Crippen LogP contribution < -0.4 is 10.1 Å². The number of nitrogens with zero attached hydrogens (tertiary/aromatic N) is 4. The Hall–Kier alpha value is -3.66. The van der Waals surface area contributed by atoms with Crippen molar-refractivity contribution >= 4 is 11.9 Å². The van der Waals surface area contributed by atoms with Gasteiger partial charge in [0.2, 0.25) is 0 Å². The summed E-state index contributed by atoms with van der Waals surface area (Å²) in [7, 11) is 0. The highest BCUT2D eigenvalue weighted by Gasteiger charge is 2.23. The molecule has 1 fully saturated rings. The van der Waals surface area contributed by atoms with Crippen molar-refractivity contribution in [2.75, 3.05) is 5.32 Å². The number of nitrogens with one attached hydrogen (secondary N) is 1. The van der Waals surface area contributed by atoms with Crippen molar-refractivity contribution in [3.8, 4) is 11.8 Å². The third-order valence-corrected chi connectivity index (χ3v) is 5.64. The van der Waals surface area contributed by atoms with Crippen molar-refractivity contribution in [1.29, 1.82) is 5.26 Å². The summed E-state index contributed by atoms with van der Waals surface area (Å²) in [5.41, 5.74) is 3.05. The highest BCUT2D eigenvalue weighted by molar-refractivity contribution is 5.85. The minimum absolute atomic E-state index is 0.423. The second-order valence-electron chi connectivity index (χ2n) is 7.91. The molecule has 7 nitrogen and oxygen atoms in total. The quantitative estimate of drug-likeness (QED) is 0.621. The fraction of sp³-hybridized carbons (Fsp3) is 0.333. The summed E-state index contributed by atoms with van der Waals surface area (Å²) in [4.78, 5) is 16.6. The maximum absolute atomic E-state index is 12.5. The Bertz CT molecular complexity index is 1090. The molecule has 1 N–H and O–H groups in total. The van der Waals surface area contributed by atoms with Crippen LogP contribution in [0.1, 0.15) is 48.2 Å². The number of ether oxygens (including phenoxy) is 1. The number of anilines is 1. The lowest BCUT2D eigenvalue weighted by molar-refractivity contribution is 0.214. The summed E-state index contributed by atoms with van der Waals surface area (Å²) in [6, 6.07) is 14.8. The molecule has 1 aliphatic rings. The SMILES string of the molecule is Cc1c(OC(=O)Nc2ccccn2)c(Cc2cccc(C#N)c2)nn1CC1CCCC1. The van der Waals surface area contributed by atoms with Crippen LogP contribution in [0.3, 0.4) is 0 Å². The van der Waals surface area contributed by atoms with E-state index in [-0.39, 0.29) is 0 Å². The highest BCUT2D eigenvalue weighted by atomic mass is 16.6. The molecule has 4 rings (SSSR count). The predicted octanol–water partition coefficient (Wildman–Crippen LogP) is 4.85. The molecule has 7 heteroatoms. The van der Waals surface area contributed by atoms with E-state index in [9.17, 15) is 10.1 Å². The molecule has 1 amide bonds. The predicted molar refractivity (Wildman–Crippen MR) is 117 cm³/mol. The average molecular weight is 415 g/mol. The molecule has 31 heavy (non-hydrogen) atoms. The molecule has 2 aromatic heterocycles. The molecule has 1 aliphatic carbocycles. The van der Waals surface area contributed by atoms with Gasteiger partial charge in [-0.3, -0.25) is 10.00 Å². The number of amides is 1. The Kier molecular flexibility index (Phi) is 6.27. The molecule has 0 unspecified atom stereocenters. The fourth-order valence-electron chi connectivity index (χ4n) is 4.06. The van der Waals surface area contributed by atoms with Gasteiger partial charge in [0.05, 0.1) is 17.3 Å². The van der Waals surface area contributed by atoms with E-state index >= 15 is 0 Å². The zero-order valence-corrected chi connectivity index (χ0v) is 17.5. The monoisotopic (exact) mass is 415 g/mol. The Morgan fingerprint density at radius 1 is 1.26 bits per heavy atom. The van der Waals surface area contributed by atoms with Crippen LogP contribution in [0.25, 0.3) is 0 Å². The van der Waals surface area contributed by atoms with Gasteiger partial charge in [-0.2, -0.15) is 10.4 Å². The second kappa shape index (κ2) is 9.43. The molecule has 0 radical (unpaired) electrons. The van der Waals surface area contributed by atoms with Gasteiger partial charge >= 0.3 is 6.09 Å². The van der Waals surface area contributed by atoms with Crippen molar-refractivity contribution in [3.63, 3.8) is 0 Å². The summed E-state index contributed by atoms with van der Waals surface area (Å²) in [5, 5.41) is 16.7. The van der Waals surface area contributed by atoms with E-state index in [4.69, 9.17) is 9.84 Å². The van der Waals surface area contributed by atoms with Gasteiger partial charge in [-0.15, -0.1) is 0 Å². The molecule has 3 aromatic rings. The smallest absolute Gasteiger partial charge is 0.406 e. The van der Waals surface area contributed by atoms with Crippen LogP contribution >= 0.6 is 0 Å². The summed E-state index contributed by atoms with van der Waals surface area (Å²) in [6.45, 7) is 2.75. The first kappa shape index (κ1) is 20.6. The largest absolute Gasteiger partial charge is 0.418 e. The van der Waals surface area contributed by atoms with Crippen LogP contribution in [-0.4, -0.2) is 20.9 Å². The Labute approximate surface area is 181 Å². The first-order chi connectivity index (χ1) is 15.1. The molecular weight excluding hydrogens is 390 g/mol. The van der Waals surface area contributed by atoms with E-state index < -0.39 is 6.09 Å². The van der Waals surface area contributed by atoms with Gasteiger partial charge < -0.3 is 4.74 Å². The first-order valence-electron chi connectivity index (χ1n) is 10.6. The second-order valence-corrected chi connectivity index (χ2v) is 7.91. The Morgan fingerprint density at radius 2 is 2.10 bits per heavy atom. The van der Waals surface area contributed by atoms with Gasteiger partial charge in [0.1, 0.15) is 11.5 Å². The topological polar surface area (TPSA) is 92.8 Å². The van der Waals surface area contributed by atoms with E-state index in [2.05, 4.69) is 16.4 Å². The number of pyridine rings is 1. The van der Waals surface area contributed by atoms with Gasteiger partial charge in [-0.25, -0.2) is 9.78 Å². The van der Waals surface area contributed by atoms with Crippen LogP contribution in [0.2, 0.25) is 0 Å². The van der Waals surface area contributed by atoms with E-state index in [1.807, 2.05) is 29.8 Å². The van der Waals surface area contributed by atoms with E-state index in [0.717, 1.165) is 17.8 Å². The lowest BCUT2D eigenvalue weighted by Crippen LogP contribution is -2.18. The normalized spacial score (nSPS) is 13.7. The Morgan fingerprint density at radius 3 is 2.84 bits per heavy atom. The molecule has 2 heterocycles. The standard InChI is InChI=1S/C24H25N5O2/c1-17-23(31-24(30)27-22-11-4-5-12-26-22)21(14-19-9-6-10-20(13-19)15-25)28-29(17)16-18-7-2-3-8-18/h4-6,9-13,18H,2-3,7-8,14,16H2,1H3,(H,26,27,30). The number of rotatable bonds is 6. The third kappa shape index (κ3) is 5.10. The lowest BCUT2D eigenvalue weighted by atomic mass is 10.1. The molecule has 0 spiro atoms. The van der Waals surface area contributed by atoms with Crippen LogP contribution in [0.15, 0.2) is 48.7 Å². The van der Waals surface area contributed by atoms with Gasteiger partial charge in [0.25, 0.3) is 0 Å². The van der Waals surface area contributed by atoms with E-state index in [1.54, 1.807) is 30.5 Å². The summed E-state index contributed by atoms with van der Waals surface area (Å²) < 4.78 is 7.68. The molecule has 0 atom stereocenters. The first-order valence-corrected chi connectivity index (χ1v) is 10.6. The van der Waals surface area contributed by atoms with Crippen molar-refractivity contribution in [2.24, 2.45) is 5.92 Å². The van der Waals surface area contributed by atoms with Gasteiger partial charge in [-0.1, -0.05) is 31.0 Å². The molecule has 158 valence electrons. The summed E-state index contributed by atoms with van der Waals surface area (Å²) >= 11 is 0. The zero-order chi connectivity index (χ0) is 21.6. The average Bonchev–Trinajstić information content (AvgIpc) is 3.39. The van der Waals surface area contributed by atoms with E-state index in [0.29, 0.717) is 35.2 Å². The number of carbonyl (C=O) groups excluding carboxylic acids is 1. The number of hydrogen-bond donors (Lipinski definition) is 1. The number of hydrogen-bond acceptors (Lipinski definition) is 5. The van der Waals surface area contributed by atoms with E-state index in [1.165, 1.54) is 25.7 Å². The molecule has 0 bridgehead atoms. The molecule has 1 saturated carbocycles. The van der Waals surface area contributed by atoms with Crippen molar-refractivity contribution < 1.29 is 9.53 Å². The fourth-order valence-corrected chi connectivity index (χ4v) is 4.06. The zero-order valence-electron chi connectivity index (χ0n) is 17.5. The highest BCUT2D eigenvalue weighted by Crippen LogP contribution is 2.30. The number of nitriles is 1. The van der Waals surface area contributed by atoms with Crippen LogP contribution in [0.5, 0.6) is 5.75 Å². The summed E-state index contributed by atoms with van der Waals surface area (Å²) in [5.74, 6) is 1.49. The van der Waals surface area contributed by atoms with Gasteiger partial charge in [-0.05, 0) is 55.5 Å². The number of benzene rings is 1. The number of aromatic nitrogens is 3. The minimum atomic E-state index is -0.603. The maximum Gasteiger partial charge on any atom is 0.418 e. The van der Waals surface area contributed by atoms with Crippen molar-refractivity contribution in [2.45, 2.75) is 45.6 Å². The lowest BCUT2D eigenvalue weighted by Gasteiger charge is -2.11. The molecular formula is C24H25N5O2. The van der Waals surface area contributed by atoms with Crippen LogP contribution in [-0.2, 0) is 13.0 Å². The van der Waals surface area contributed by atoms with Crippen LogP contribution in [0.4, 0.5) is 10.6 Å². The minimum Gasteiger partial charge on any atom is -0.406 e. The van der Waals surface area contributed by atoms with Crippen LogP contribution in [0, 0.1) is 24.2 Å². The van der Waals surface area contributed by atoms with Crippen molar-refractivity contribution in [3.05, 3.63) is 71.2 Å². The molecule has 1 aromatic carbocycles. The van der Waals surface area contributed by atoms with Crippen molar-refractivity contribution in [1.82, 2.24) is 14.8 Å². The van der Waals surface area contributed by atoms with Gasteiger partial charge in [0.15, 0.2) is 5.75 Å². The molecule has 0 aliphatic heterocycles. The Balaban J connectivity index is 1.59. The maximum atomic E-state index is 12.5. The third-order valence-electron chi connectivity index (χ3n) is 5.64. The number of carbonyl (C=O) groups is 1. The summed E-state index contributed by atoms with van der Waals surface area (Å²) in [6.07, 6.45) is 6.40. The molecule has 0 saturated heterocycles. The van der Waals surface area contributed by atoms with Gasteiger partial charge in [0, 0.05) is 19.2 Å².